The van der Waals surface area contributed by atoms with Crippen LogP contribution < -0.4 is 56.7 Å². The van der Waals surface area contributed by atoms with E-state index < -0.39 is 0 Å². The summed E-state index contributed by atoms with van der Waals surface area (Å²) in [6, 6.07) is 0. The molecule has 1 nitrogen and oxygen atoms in total. The summed E-state index contributed by atoms with van der Waals surface area (Å²) in [6.07, 6.45) is 6.21. The molecule has 0 spiro atoms. The van der Waals surface area contributed by atoms with E-state index in [-0.39, 0.29) is 51.4 Å². The molecule has 0 aromatic rings. The molecule has 0 aromatic heterocycles. The van der Waals surface area contributed by atoms with E-state index in [4.69, 9.17) is 0 Å². The summed E-state index contributed by atoms with van der Waals surface area (Å²) in [5.74, 6) is 0. The Morgan fingerprint density at radius 1 is 1.57 bits per heavy atom. The second-order valence-corrected chi connectivity index (χ2v) is 1.36. The molecule has 0 saturated carbocycles. The van der Waals surface area contributed by atoms with Gasteiger partial charge in [-0.25, -0.2) is 0 Å². The van der Waals surface area contributed by atoms with Crippen LogP contribution in [0, 0.1) is 6.08 Å². The third-order valence-corrected chi connectivity index (χ3v) is 0.837. The Hall–Kier alpha value is 1.34. The summed E-state index contributed by atoms with van der Waals surface area (Å²) in [5, 5.41) is 3.17. The number of hydrogen-bond acceptors (Lipinski definition) is 1. The molecule has 0 fully saturated rings. The van der Waals surface area contributed by atoms with Crippen LogP contribution in [0.15, 0.2) is 6.08 Å². The van der Waals surface area contributed by atoms with Crippen LogP contribution in [0.2, 0.25) is 0 Å². The molecule has 1 rings (SSSR count). The van der Waals surface area contributed by atoms with Gasteiger partial charge in [-0.05, 0) is 13.1 Å². The molecule has 1 aliphatic heterocycles. The van der Waals surface area contributed by atoms with Gasteiger partial charge in [0.05, 0.1) is 0 Å². The molecule has 7 heavy (non-hydrogen) atoms. The first-order valence-corrected chi connectivity index (χ1v) is 2.26. The molecule has 34 valence electrons. The first-order valence-electron chi connectivity index (χ1n) is 2.26. The van der Waals surface area contributed by atoms with E-state index in [0.29, 0.717) is 0 Å². The third kappa shape index (κ3) is 3.88. The molecule has 0 aromatic carbocycles. The van der Waals surface area contributed by atoms with Crippen LogP contribution in [0.4, 0.5) is 0 Å². The molecule has 1 N–H and O–H groups in total. The molecular formula is C5H8KN. The zero-order chi connectivity index (χ0) is 4.24. The van der Waals surface area contributed by atoms with Gasteiger partial charge in [0, 0.05) is 0 Å². The molecular weight excluding hydrogens is 113 g/mol. The fraction of sp³-hybridized carbons (Fsp3) is 0.600. The van der Waals surface area contributed by atoms with Crippen molar-refractivity contribution in [2.45, 2.75) is 6.42 Å². The van der Waals surface area contributed by atoms with Crippen molar-refractivity contribution in [1.82, 2.24) is 5.32 Å². The standard InChI is InChI=1S/C5H8N.K/c1-2-4-6-5-3-1;/h2,6H,3-5H2;/q-1;+1. The minimum atomic E-state index is 0. The number of nitrogens with one attached hydrogen (secondary N) is 1. The first-order chi connectivity index (χ1) is 3.00. The molecule has 1 aliphatic rings. The third-order valence-electron chi connectivity index (χ3n) is 0.837. The van der Waals surface area contributed by atoms with Crippen molar-refractivity contribution >= 4 is 0 Å². The predicted molar refractivity (Wildman–Crippen MR) is 25.3 cm³/mol. The Bertz CT molecular complexity index is 53.1. The summed E-state index contributed by atoms with van der Waals surface area (Å²) < 4.78 is 0. The van der Waals surface area contributed by atoms with E-state index in [1.54, 1.807) is 0 Å². The van der Waals surface area contributed by atoms with Gasteiger partial charge < -0.3 is 11.4 Å². The first kappa shape index (κ1) is 8.34. The second kappa shape index (κ2) is 5.47. The largest absolute Gasteiger partial charge is 1.00 e. The molecule has 0 saturated heterocycles. The van der Waals surface area contributed by atoms with Crippen molar-refractivity contribution in [1.29, 1.82) is 0 Å². The average molecular weight is 121 g/mol. The predicted octanol–water partition coefficient (Wildman–Crippen LogP) is -2.66. The van der Waals surface area contributed by atoms with Crippen LogP contribution >= 0.6 is 0 Å². The monoisotopic (exact) mass is 121 g/mol. The normalized spacial score (nSPS) is 18.3. The Morgan fingerprint density at radius 3 is 2.57 bits per heavy atom. The van der Waals surface area contributed by atoms with Gasteiger partial charge in [-0.3, -0.25) is 6.08 Å². The van der Waals surface area contributed by atoms with Crippen molar-refractivity contribution in [2.75, 3.05) is 13.1 Å². The molecule has 0 aliphatic carbocycles. The van der Waals surface area contributed by atoms with E-state index in [2.05, 4.69) is 11.4 Å². The zero-order valence-electron chi connectivity index (χ0n) is 4.70. The minimum absolute atomic E-state index is 0. The average Bonchev–Trinajstić information content (AvgIpc) is 1.72. The fourth-order valence-corrected chi connectivity index (χ4v) is 0.509. The maximum absolute atomic E-state index is 3.17. The zero-order valence-corrected chi connectivity index (χ0v) is 7.82. The van der Waals surface area contributed by atoms with Crippen LogP contribution in [-0.2, 0) is 0 Å². The molecule has 2 heteroatoms. The fourth-order valence-electron chi connectivity index (χ4n) is 0.509. The molecule has 1 heterocycles. The quantitative estimate of drug-likeness (QED) is 0.272. The van der Waals surface area contributed by atoms with Crippen LogP contribution in [-0.4, -0.2) is 13.1 Å². The number of hydrogen-bond donors (Lipinski definition) is 1. The summed E-state index contributed by atoms with van der Waals surface area (Å²) >= 11 is 0. The van der Waals surface area contributed by atoms with E-state index in [0.717, 1.165) is 19.5 Å². The van der Waals surface area contributed by atoms with Crippen LogP contribution in [0.5, 0.6) is 0 Å². The van der Waals surface area contributed by atoms with Gasteiger partial charge in [0.2, 0.25) is 0 Å². The van der Waals surface area contributed by atoms with Gasteiger partial charge in [-0.2, -0.15) is 6.42 Å². The Balaban J connectivity index is 0.000000360. The van der Waals surface area contributed by atoms with Gasteiger partial charge in [0.1, 0.15) is 0 Å². The van der Waals surface area contributed by atoms with Crippen LogP contribution in [0.1, 0.15) is 6.42 Å². The molecule has 0 bridgehead atoms. The molecule has 0 atom stereocenters. The van der Waals surface area contributed by atoms with Gasteiger partial charge in [-0.1, -0.05) is 0 Å². The molecule has 0 amide bonds. The summed E-state index contributed by atoms with van der Waals surface area (Å²) in [7, 11) is 0. The van der Waals surface area contributed by atoms with Gasteiger partial charge in [-0.15, -0.1) is 0 Å². The Kier molecular flexibility index (Phi) is 6.52. The van der Waals surface area contributed by atoms with Gasteiger partial charge >= 0.3 is 51.4 Å². The summed E-state index contributed by atoms with van der Waals surface area (Å²) in [6.45, 7) is 2.12. The van der Waals surface area contributed by atoms with Crippen molar-refractivity contribution in [3.63, 3.8) is 0 Å². The van der Waals surface area contributed by atoms with Crippen molar-refractivity contribution in [3.05, 3.63) is 12.2 Å². The number of rotatable bonds is 0. The topological polar surface area (TPSA) is 12.0 Å². The van der Waals surface area contributed by atoms with Gasteiger partial charge in [0.25, 0.3) is 0 Å². The molecule has 0 radical (unpaired) electrons. The van der Waals surface area contributed by atoms with E-state index >= 15 is 0 Å². The van der Waals surface area contributed by atoms with Gasteiger partial charge in [0.15, 0.2) is 0 Å². The summed E-state index contributed by atoms with van der Waals surface area (Å²) in [5.41, 5.74) is 0. The van der Waals surface area contributed by atoms with Crippen molar-refractivity contribution in [2.24, 2.45) is 0 Å². The van der Waals surface area contributed by atoms with E-state index in [1.165, 1.54) is 0 Å². The van der Waals surface area contributed by atoms with E-state index in [9.17, 15) is 0 Å². The Morgan fingerprint density at radius 2 is 2.43 bits per heavy atom. The smallest absolute Gasteiger partial charge is 0.498 e. The van der Waals surface area contributed by atoms with Crippen molar-refractivity contribution < 1.29 is 51.4 Å². The maximum atomic E-state index is 3.17. The SMILES string of the molecule is [C-]1=CCNCC1.[K+]. The maximum Gasteiger partial charge on any atom is 1.00 e. The Labute approximate surface area is 87.0 Å². The van der Waals surface area contributed by atoms with E-state index in [1.807, 2.05) is 6.08 Å². The minimum Gasteiger partial charge on any atom is -0.498 e. The van der Waals surface area contributed by atoms with Crippen LogP contribution in [0.25, 0.3) is 0 Å². The summed E-state index contributed by atoms with van der Waals surface area (Å²) in [4.78, 5) is 0. The second-order valence-electron chi connectivity index (χ2n) is 1.36. The van der Waals surface area contributed by atoms with Crippen molar-refractivity contribution in [3.8, 4) is 0 Å². The molecule has 0 unspecified atom stereocenters. The van der Waals surface area contributed by atoms with Crippen LogP contribution in [0.3, 0.4) is 0 Å².